The van der Waals surface area contributed by atoms with Gasteiger partial charge in [-0.1, -0.05) is 111 Å². The molecule has 2 unspecified atom stereocenters. The van der Waals surface area contributed by atoms with E-state index < -0.39 is 41.6 Å². The Labute approximate surface area is 214 Å². The number of ketones is 3. The highest BCUT2D eigenvalue weighted by Crippen LogP contribution is 2.35. The molecule has 3 N–H and O–H groups in total. The van der Waals surface area contributed by atoms with E-state index in [1.807, 2.05) is 0 Å². The molecule has 0 spiro atoms. The van der Waals surface area contributed by atoms with Gasteiger partial charge in [-0.05, 0) is 19.3 Å². The van der Waals surface area contributed by atoms with Gasteiger partial charge >= 0.3 is 0 Å². The number of aliphatic hydroxyl groups is 3. The molecule has 0 amide bonds. The van der Waals surface area contributed by atoms with Crippen LogP contribution in [0.25, 0.3) is 0 Å². The third-order valence-corrected chi connectivity index (χ3v) is 7.11. The van der Waals surface area contributed by atoms with E-state index in [-0.39, 0.29) is 19.3 Å². The summed E-state index contributed by atoms with van der Waals surface area (Å²) in [5.41, 5.74) is -1.92. The summed E-state index contributed by atoms with van der Waals surface area (Å²) in [5.74, 6) is -1.77. The molecule has 206 valence electrons. The van der Waals surface area contributed by atoms with Crippen LogP contribution in [0.3, 0.4) is 0 Å². The van der Waals surface area contributed by atoms with Crippen molar-refractivity contribution in [2.24, 2.45) is 5.41 Å². The van der Waals surface area contributed by atoms with Gasteiger partial charge in [0.15, 0.2) is 17.3 Å². The maximum Gasteiger partial charge on any atom is 0.184 e. The zero-order valence-electron chi connectivity index (χ0n) is 22.9. The lowest BCUT2D eigenvalue weighted by molar-refractivity contribution is -0.158. The third kappa shape index (κ3) is 12.6. The number of carbonyl (C=O) groups is 3. The highest BCUT2D eigenvalue weighted by Gasteiger charge is 2.52. The first-order valence-corrected chi connectivity index (χ1v) is 14.4. The second-order valence-electron chi connectivity index (χ2n) is 10.2. The normalized spacial score (nSPS) is 13.5. The van der Waals surface area contributed by atoms with Crippen LogP contribution in [0.2, 0.25) is 0 Å². The summed E-state index contributed by atoms with van der Waals surface area (Å²) >= 11 is 0. The molecular weight excluding hydrogens is 444 g/mol. The van der Waals surface area contributed by atoms with Crippen LogP contribution in [0.15, 0.2) is 0 Å². The summed E-state index contributed by atoms with van der Waals surface area (Å²) in [6.07, 6.45) is 11.5. The van der Waals surface area contributed by atoms with E-state index >= 15 is 0 Å². The van der Waals surface area contributed by atoms with E-state index in [1.54, 1.807) is 0 Å². The van der Waals surface area contributed by atoms with E-state index in [1.165, 1.54) is 0 Å². The minimum absolute atomic E-state index is 0.0781. The van der Waals surface area contributed by atoms with Gasteiger partial charge in [0, 0.05) is 12.8 Å². The van der Waals surface area contributed by atoms with Gasteiger partial charge < -0.3 is 15.3 Å². The van der Waals surface area contributed by atoms with Crippen molar-refractivity contribution in [3.05, 3.63) is 0 Å². The van der Waals surface area contributed by atoms with Crippen LogP contribution in [0.4, 0.5) is 0 Å². The van der Waals surface area contributed by atoms with E-state index in [9.17, 15) is 29.7 Å². The molecule has 0 radical (unpaired) electrons. The molecule has 0 aromatic rings. The van der Waals surface area contributed by atoms with E-state index in [0.717, 1.165) is 83.5 Å². The van der Waals surface area contributed by atoms with E-state index in [2.05, 4.69) is 20.8 Å². The maximum absolute atomic E-state index is 13.6. The highest BCUT2D eigenvalue weighted by molar-refractivity contribution is 6.25. The topological polar surface area (TPSA) is 112 Å². The first-order chi connectivity index (χ1) is 16.8. The molecular formula is C29H54O6. The van der Waals surface area contributed by atoms with Gasteiger partial charge in [0.05, 0.1) is 6.61 Å². The Balaban J connectivity index is 5.75. The zero-order valence-corrected chi connectivity index (χ0v) is 22.9. The quantitative estimate of drug-likeness (QED) is 0.107. The number of Topliss-reactive ketones (excluding diaryl/α,β-unsaturated/α-hetero) is 3. The monoisotopic (exact) mass is 498 g/mol. The van der Waals surface area contributed by atoms with Crippen molar-refractivity contribution in [2.75, 3.05) is 6.61 Å². The zero-order chi connectivity index (χ0) is 26.5. The average Bonchev–Trinajstić information content (AvgIpc) is 2.86. The van der Waals surface area contributed by atoms with Crippen LogP contribution in [-0.2, 0) is 14.4 Å². The summed E-state index contributed by atoms with van der Waals surface area (Å²) in [7, 11) is 0. The van der Waals surface area contributed by atoms with Crippen LogP contribution in [0.5, 0.6) is 0 Å². The third-order valence-electron chi connectivity index (χ3n) is 7.11. The SMILES string of the molecule is CCCCCCCCC(C(=O)CCCCCCC)(C(=O)CCCCCCC)C(=O)C(O)C(O)CO. The molecule has 2 atom stereocenters. The molecule has 0 aromatic carbocycles. The fourth-order valence-corrected chi connectivity index (χ4v) is 4.73. The Morgan fingerprint density at radius 2 is 0.971 bits per heavy atom. The van der Waals surface area contributed by atoms with Crippen LogP contribution < -0.4 is 0 Å². The Kier molecular flexibility index (Phi) is 20.4. The lowest BCUT2D eigenvalue weighted by Gasteiger charge is -2.33. The summed E-state index contributed by atoms with van der Waals surface area (Å²) in [4.78, 5) is 40.7. The molecule has 35 heavy (non-hydrogen) atoms. The lowest BCUT2D eigenvalue weighted by atomic mass is 9.67. The number of hydrogen-bond acceptors (Lipinski definition) is 6. The summed E-state index contributed by atoms with van der Waals surface area (Å²) in [6, 6.07) is 0. The summed E-state index contributed by atoms with van der Waals surface area (Å²) in [6.45, 7) is 5.55. The summed E-state index contributed by atoms with van der Waals surface area (Å²) < 4.78 is 0. The van der Waals surface area contributed by atoms with Crippen LogP contribution in [0, 0.1) is 5.41 Å². The Bertz CT molecular complexity index is 548. The molecule has 0 rings (SSSR count). The second kappa shape index (κ2) is 21.0. The molecule has 6 nitrogen and oxygen atoms in total. The second-order valence-corrected chi connectivity index (χ2v) is 10.2. The molecule has 0 aliphatic heterocycles. The molecule has 0 bridgehead atoms. The molecule has 6 heteroatoms. The van der Waals surface area contributed by atoms with Crippen molar-refractivity contribution in [1.29, 1.82) is 0 Å². The first kappa shape index (κ1) is 33.9. The molecule has 0 fully saturated rings. The lowest BCUT2D eigenvalue weighted by Crippen LogP contribution is -2.54. The minimum Gasteiger partial charge on any atom is -0.394 e. The van der Waals surface area contributed by atoms with Gasteiger partial charge in [-0.3, -0.25) is 14.4 Å². The number of unbranched alkanes of at least 4 members (excludes halogenated alkanes) is 13. The first-order valence-electron chi connectivity index (χ1n) is 14.4. The maximum atomic E-state index is 13.6. The molecule has 0 saturated carbocycles. The highest BCUT2D eigenvalue weighted by atomic mass is 16.4. The molecule has 0 aliphatic carbocycles. The average molecular weight is 499 g/mol. The van der Waals surface area contributed by atoms with Crippen molar-refractivity contribution >= 4 is 17.3 Å². The van der Waals surface area contributed by atoms with Crippen molar-refractivity contribution in [3.8, 4) is 0 Å². The Hall–Kier alpha value is -1.11. The number of rotatable bonds is 25. The van der Waals surface area contributed by atoms with Gasteiger partial charge in [0.2, 0.25) is 0 Å². The van der Waals surface area contributed by atoms with Gasteiger partial charge in [-0.25, -0.2) is 0 Å². The smallest absolute Gasteiger partial charge is 0.184 e. The standard InChI is InChI=1S/C29H54O6/c1-4-7-10-13-16-19-22-29(28(35)27(34)24(31)23-30,25(32)20-17-14-11-8-5-2)26(33)21-18-15-12-9-6-3/h24,27,30-31,34H,4-23H2,1-3H3. The predicted octanol–water partition coefficient (Wildman–Crippen LogP) is 5.87. The Morgan fingerprint density at radius 1 is 0.600 bits per heavy atom. The summed E-state index contributed by atoms with van der Waals surface area (Å²) in [5, 5.41) is 29.8. The van der Waals surface area contributed by atoms with Gasteiger partial charge in [0.25, 0.3) is 0 Å². The van der Waals surface area contributed by atoms with Crippen LogP contribution in [0.1, 0.15) is 143 Å². The molecule has 0 aliphatic rings. The molecule has 0 heterocycles. The van der Waals surface area contributed by atoms with Crippen molar-refractivity contribution in [3.63, 3.8) is 0 Å². The van der Waals surface area contributed by atoms with Crippen molar-refractivity contribution < 1.29 is 29.7 Å². The predicted molar refractivity (Wildman–Crippen MR) is 141 cm³/mol. The number of carbonyl (C=O) groups excluding carboxylic acids is 3. The van der Waals surface area contributed by atoms with Gasteiger partial charge in [0.1, 0.15) is 17.6 Å². The van der Waals surface area contributed by atoms with Crippen LogP contribution >= 0.6 is 0 Å². The van der Waals surface area contributed by atoms with E-state index in [0.29, 0.717) is 19.3 Å². The van der Waals surface area contributed by atoms with Gasteiger partial charge in [-0.15, -0.1) is 0 Å². The fraction of sp³-hybridized carbons (Fsp3) is 0.897. The molecule has 0 aromatic heterocycles. The largest absolute Gasteiger partial charge is 0.394 e. The van der Waals surface area contributed by atoms with Crippen molar-refractivity contribution in [1.82, 2.24) is 0 Å². The minimum atomic E-state index is -1.95. The van der Waals surface area contributed by atoms with Crippen LogP contribution in [-0.4, -0.2) is 51.5 Å². The number of aliphatic hydroxyl groups excluding tert-OH is 3. The van der Waals surface area contributed by atoms with Gasteiger partial charge in [-0.2, -0.15) is 0 Å². The Morgan fingerprint density at radius 3 is 1.37 bits per heavy atom. The number of hydrogen-bond donors (Lipinski definition) is 3. The van der Waals surface area contributed by atoms with E-state index in [4.69, 9.17) is 0 Å². The fourth-order valence-electron chi connectivity index (χ4n) is 4.73. The molecule has 0 saturated heterocycles. The van der Waals surface area contributed by atoms with Crippen molar-refractivity contribution in [2.45, 2.75) is 155 Å².